The molecule has 1 atom stereocenters. The zero-order valence-corrected chi connectivity index (χ0v) is 7.43. The van der Waals surface area contributed by atoms with Gasteiger partial charge < -0.3 is 10.5 Å². The third kappa shape index (κ3) is 3.11. The SMILES string of the molecule is CC(COC(N)=O)c1ccccn1. The summed E-state index contributed by atoms with van der Waals surface area (Å²) in [5, 5.41) is 0. The minimum Gasteiger partial charge on any atom is -0.449 e. The van der Waals surface area contributed by atoms with E-state index in [1.165, 1.54) is 0 Å². The van der Waals surface area contributed by atoms with Gasteiger partial charge in [-0.15, -0.1) is 0 Å². The molecule has 0 aliphatic carbocycles. The maximum Gasteiger partial charge on any atom is 0.404 e. The number of hydrogen-bond acceptors (Lipinski definition) is 3. The summed E-state index contributed by atoms with van der Waals surface area (Å²) in [5.41, 5.74) is 5.73. The predicted molar refractivity (Wildman–Crippen MR) is 48.2 cm³/mol. The molecule has 13 heavy (non-hydrogen) atoms. The molecule has 2 N–H and O–H groups in total. The second-order valence-corrected chi connectivity index (χ2v) is 2.79. The summed E-state index contributed by atoms with van der Waals surface area (Å²) in [6.45, 7) is 2.19. The first-order valence-corrected chi connectivity index (χ1v) is 4.03. The number of hydrogen-bond donors (Lipinski definition) is 1. The Kier molecular flexibility index (Phi) is 3.25. The van der Waals surface area contributed by atoms with E-state index in [0.717, 1.165) is 5.69 Å². The third-order valence-corrected chi connectivity index (χ3v) is 1.67. The summed E-state index contributed by atoms with van der Waals surface area (Å²) in [5.74, 6) is 0.0775. The van der Waals surface area contributed by atoms with Gasteiger partial charge in [0.15, 0.2) is 0 Å². The van der Waals surface area contributed by atoms with Gasteiger partial charge in [-0.3, -0.25) is 4.98 Å². The average Bonchev–Trinajstić information content (AvgIpc) is 2.15. The van der Waals surface area contributed by atoms with E-state index in [1.807, 2.05) is 25.1 Å². The van der Waals surface area contributed by atoms with Crippen LogP contribution in [0.3, 0.4) is 0 Å². The first-order chi connectivity index (χ1) is 6.20. The van der Waals surface area contributed by atoms with Crippen LogP contribution in [-0.4, -0.2) is 17.7 Å². The van der Waals surface area contributed by atoms with Crippen LogP contribution in [0.25, 0.3) is 0 Å². The lowest BCUT2D eigenvalue weighted by Crippen LogP contribution is -2.17. The number of nitrogens with two attached hydrogens (primary N) is 1. The maximum absolute atomic E-state index is 10.3. The summed E-state index contributed by atoms with van der Waals surface area (Å²) in [6.07, 6.45) is 0.957. The van der Waals surface area contributed by atoms with Crippen LogP contribution in [0, 0.1) is 0 Å². The number of carbonyl (C=O) groups is 1. The molecule has 0 aliphatic heterocycles. The van der Waals surface area contributed by atoms with E-state index < -0.39 is 6.09 Å². The minimum absolute atomic E-state index is 0.0775. The van der Waals surface area contributed by atoms with Crippen LogP contribution in [0.4, 0.5) is 4.79 Å². The highest BCUT2D eigenvalue weighted by Crippen LogP contribution is 2.11. The summed E-state index contributed by atoms with van der Waals surface area (Å²) < 4.78 is 4.66. The van der Waals surface area contributed by atoms with Gasteiger partial charge in [0.1, 0.15) is 6.61 Å². The van der Waals surface area contributed by atoms with Gasteiger partial charge >= 0.3 is 6.09 Å². The molecule has 1 aromatic heterocycles. The van der Waals surface area contributed by atoms with Gasteiger partial charge in [-0.05, 0) is 12.1 Å². The van der Waals surface area contributed by atoms with Crippen molar-refractivity contribution in [1.82, 2.24) is 4.98 Å². The van der Waals surface area contributed by atoms with Crippen LogP contribution in [-0.2, 0) is 4.74 Å². The Labute approximate surface area is 76.7 Å². The summed E-state index contributed by atoms with van der Waals surface area (Å²) >= 11 is 0. The molecule has 1 aromatic rings. The predicted octanol–water partition coefficient (Wildman–Crippen LogP) is 1.28. The van der Waals surface area contributed by atoms with Crippen LogP contribution in [0.5, 0.6) is 0 Å². The Morgan fingerprint density at radius 1 is 1.69 bits per heavy atom. The zero-order valence-electron chi connectivity index (χ0n) is 7.43. The quantitative estimate of drug-likeness (QED) is 0.762. The smallest absolute Gasteiger partial charge is 0.404 e. The first kappa shape index (κ1) is 9.51. The molecule has 0 fully saturated rings. The molecule has 0 saturated carbocycles. The van der Waals surface area contributed by atoms with Crippen molar-refractivity contribution in [1.29, 1.82) is 0 Å². The normalized spacial score (nSPS) is 12.1. The fraction of sp³-hybridized carbons (Fsp3) is 0.333. The molecule has 4 heteroatoms. The van der Waals surface area contributed by atoms with E-state index in [1.54, 1.807) is 6.20 Å². The van der Waals surface area contributed by atoms with Crippen molar-refractivity contribution in [2.75, 3.05) is 6.61 Å². The van der Waals surface area contributed by atoms with Gasteiger partial charge in [0.2, 0.25) is 0 Å². The number of amides is 1. The Morgan fingerprint density at radius 3 is 3.00 bits per heavy atom. The van der Waals surface area contributed by atoms with Crippen LogP contribution >= 0.6 is 0 Å². The summed E-state index contributed by atoms with van der Waals surface area (Å²) in [4.78, 5) is 14.4. The molecule has 1 amide bonds. The second kappa shape index (κ2) is 4.45. The van der Waals surface area contributed by atoms with Crippen molar-refractivity contribution in [3.63, 3.8) is 0 Å². The second-order valence-electron chi connectivity index (χ2n) is 2.79. The molecule has 1 unspecified atom stereocenters. The molecule has 0 radical (unpaired) electrons. The highest BCUT2D eigenvalue weighted by Gasteiger charge is 2.07. The molecule has 0 spiro atoms. The number of primary amides is 1. The lowest BCUT2D eigenvalue weighted by atomic mass is 10.1. The van der Waals surface area contributed by atoms with Crippen molar-refractivity contribution in [3.8, 4) is 0 Å². The molecular weight excluding hydrogens is 168 g/mol. The van der Waals surface area contributed by atoms with Crippen LogP contribution in [0.1, 0.15) is 18.5 Å². The Balaban J connectivity index is 2.49. The Hall–Kier alpha value is -1.58. The minimum atomic E-state index is -0.747. The highest BCUT2D eigenvalue weighted by atomic mass is 16.5. The van der Waals surface area contributed by atoms with Gasteiger partial charge in [0.25, 0.3) is 0 Å². The first-order valence-electron chi connectivity index (χ1n) is 4.03. The number of nitrogens with zero attached hydrogens (tertiary/aromatic N) is 1. The molecule has 0 bridgehead atoms. The molecule has 0 aliphatic rings. The van der Waals surface area contributed by atoms with Crippen LogP contribution in [0.2, 0.25) is 0 Å². The molecule has 4 nitrogen and oxygen atoms in total. The monoisotopic (exact) mass is 180 g/mol. The van der Waals surface area contributed by atoms with Crippen molar-refractivity contribution in [2.24, 2.45) is 5.73 Å². The fourth-order valence-electron chi connectivity index (χ4n) is 0.960. The van der Waals surface area contributed by atoms with E-state index >= 15 is 0 Å². The Morgan fingerprint density at radius 2 is 2.46 bits per heavy atom. The summed E-state index contributed by atoms with van der Waals surface area (Å²) in [6, 6.07) is 5.61. The van der Waals surface area contributed by atoms with Crippen molar-refractivity contribution >= 4 is 6.09 Å². The molecule has 1 heterocycles. The molecule has 70 valence electrons. The van der Waals surface area contributed by atoms with Crippen LogP contribution in [0.15, 0.2) is 24.4 Å². The molecular formula is C9H12N2O2. The average molecular weight is 180 g/mol. The van der Waals surface area contributed by atoms with Gasteiger partial charge in [0.05, 0.1) is 0 Å². The lowest BCUT2D eigenvalue weighted by Gasteiger charge is -2.09. The highest BCUT2D eigenvalue weighted by molar-refractivity contribution is 5.64. The molecule has 0 aromatic carbocycles. The van der Waals surface area contributed by atoms with Gasteiger partial charge in [-0.25, -0.2) is 4.79 Å². The molecule has 0 saturated heterocycles. The van der Waals surface area contributed by atoms with Gasteiger partial charge in [-0.2, -0.15) is 0 Å². The third-order valence-electron chi connectivity index (χ3n) is 1.67. The van der Waals surface area contributed by atoms with E-state index in [-0.39, 0.29) is 12.5 Å². The van der Waals surface area contributed by atoms with E-state index in [4.69, 9.17) is 5.73 Å². The number of rotatable bonds is 3. The standard InChI is InChI=1S/C9H12N2O2/c1-7(6-13-9(10)12)8-4-2-3-5-11-8/h2-5,7H,6H2,1H3,(H2,10,12). The number of pyridine rings is 1. The maximum atomic E-state index is 10.3. The van der Waals surface area contributed by atoms with Gasteiger partial charge in [-0.1, -0.05) is 13.0 Å². The Bertz CT molecular complexity index is 274. The fourth-order valence-corrected chi connectivity index (χ4v) is 0.960. The van der Waals surface area contributed by atoms with E-state index in [0.29, 0.717) is 0 Å². The lowest BCUT2D eigenvalue weighted by molar-refractivity contribution is 0.150. The topological polar surface area (TPSA) is 65.2 Å². The van der Waals surface area contributed by atoms with E-state index in [2.05, 4.69) is 9.72 Å². The van der Waals surface area contributed by atoms with Crippen molar-refractivity contribution < 1.29 is 9.53 Å². The number of carbonyl (C=O) groups excluding carboxylic acids is 1. The number of ether oxygens (including phenoxy) is 1. The largest absolute Gasteiger partial charge is 0.449 e. The zero-order chi connectivity index (χ0) is 9.68. The van der Waals surface area contributed by atoms with Gasteiger partial charge in [0, 0.05) is 17.8 Å². The van der Waals surface area contributed by atoms with Crippen LogP contribution < -0.4 is 5.73 Å². The summed E-state index contributed by atoms with van der Waals surface area (Å²) in [7, 11) is 0. The van der Waals surface area contributed by atoms with E-state index in [9.17, 15) is 4.79 Å². The van der Waals surface area contributed by atoms with Crippen molar-refractivity contribution in [2.45, 2.75) is 12.8 Å². The van der Waals surface area contributed by atoms with Crippen molar-refractivity contribution in [3.05, 3.63) is 30.1 Å². The number of aromatic nitrogens is 1. The molecule has 1 rings (SSSR count).